The van der Waals surface area contributed by atoms with E-state index in [1.165, 1.54) is 31.1 Å². The van der Waals surface area contributed by atoms with E-state index < -0.39 is 0 Å². The molecule has 0 bridgehead atoms. The summed E-state index contributed by atoms with van der Waals surface area (Å²) in [5.74, 6) is 1.65. The molecule has 3 aromatic rings. The number of pyridine rings is 1. The van der Waals surface area contributed by atoms with Crippen molar-refractivity contribution in [2.24, 2.45) is 0 Å². The maximum Gasteiger partial charge on any atom is 0.164 e. The molecule has 0 atom stereocenters. The van der Waals surface area contributed by atoms with Crippen LogP contribution in [0.5, 0.6) is 11.5 Å². The average Bonchev–Trinajstić information content (AvgIpc) is 2.70. The molecule has 1 N–H and O–H groups in total. The van der Waals surface area contributed by atoms with Crippen LogP contribution in [-0.4, -0.2) is 29.1 Å². The Morgan fingerprint density at radius 3 is 2.65 bits per heavy atom. The van der Waals surface area contributed by atoms with E-state index in [9.17, 15) is 4.79 Å². The second-order valence-corrected chi connectivity index (χ2v) is 8.01. The number of hydrogen-bond acceptors (Lipinski definition) is 5. The minimum Gasteiger partial charge on any atom is -0.512 e. The summed E-state index contributed by atoms with van der Waals surface area (Å²) in [6.07, 6.45) is 3.03. The molecule has 0 saturated heterocycles. The summed E-state index contributed by atoms with van der Waals surface area (Å²) >= 11 is 0. The normalized spacial score (nSPS) is 15.2. The van der Waals surface area contributed by atoms with Gasteiger partial charge < -0.3 is 19.6 Å². The largest absolute Gasteiger partial charge is 0.512 e. The second-order valence-electron chi connectivity index (χ2n) is 8.01. The zero-order valence-corrected chi connectivity index (χ0v) is 20.3. The molecule has 2 aromatic carbocycles. The van der Waals surface area contributed by atoms with E-state index in [1.807, 2.05) is 24.4 Å². The molecule has 5 rings (SSSR count). The van der Waals surface area contributed by atoms with Crippen molar-refractivity contribution in [1.29, 1.82) is 0 Å². The van der Waals surface area contributed by atoms with Crippen LogP contribution in [0.4, 0.5) is 0 Å². The predicted octanol–water partition coefficient (Wildman–Crippen LogP) is 5.15. The summed E-state index contributed by atoms with van der Waals surface area (Å²) in [6.45, 7) is 8.51. The zero-order chi connectivity index (χ0) is 21.5. The molecule has 1 aliphatic heterocycles. The Kier molecular flexibility index (Phi) is 6.53. The van der Waals surface area contributed by atoms with Crippen LogP contribution < -0.4 is 9.47 Å². The van der Waals surface area contributed by atoms with Gasteiger partial charge in [-0.1, -0.05) is 13.8 Å². The van der Waals surface area contributed by atoms with Gasteiger partial charge in [-0.05, 0) is 53.4 Å². The van der Waals surface area contributed by atoms with E-state index in [4.69, 9.17) is 14.6 Å². The first-order valence-corrected chi connectivity index (χ1v) is 9.92. The summed E-state index contributed by atoms with van der Waals surface area (Å²) in [4.78, 5) is 14.7. The van der Waals surface area contributed by atoms with E-state index in [0.717, 1.165) is 33.5 Å². The number of rotatable bonds is 1. The van der Waals surface area contributed by atoms with Crippen molar-refractivity contribution in [3.05, 3.63) is 65.6 Å². The summed E-state index contributed by atoms with van der Waals surface area (Å²) in [5, 5.41) is 10.7. The predicted molar refractivity (Wildman–Crippen MR) is 116 cm³/mol. The molecule has 0 amide bonds. The molecular weight excluding hydrogens is 570 g/mol. The molecular formula is C25H24IrNO4-. The molecule has 163 valence electrons. The number of aromatic nitrogens is 1. The number of allylic oxidation sites excluding steroid dienone is 2. The number of aliphatic hydroxyl groups is 1. The van der Waals surface area contributed by atoms with Crippen LogP contribution in [0, 0.1) is 6.07 Å². The van der Waals surface area contributed by atoms with E-state index in [0.29, 0.717) is 13.2 Å². The molecule has 2 heterocycles. The Morgan fingerprint density at radius 1 is 1.23 bits per heavy atom. The Hall–Kier alpha value is -2.69. The van der Waals surface area contributed by atoms with Crippen molar-refractivity contribution in [3.8, 4) is 22.8 Å². The standard InChI is InChI=1S/C20H16NO2.C5H8O2.Ir/c1-20(2)14-6-4-3-5-13(14)18-16-12(7-8-21-18)11-15-19(17(16)20)23-10-9-22-15;1-4(6)3-5(2)7;/h3-4,6-8,11H,9-10H2,1-2H3;3,6H,1-2H3;/q-1;;. The molecule has 0 spiro atoms. The summed E-state index contributed by atoms with van der Waals surface area (Å²) in [6, 6.07) is 13.7. The topological polar surface area (TPSA) is 68.7 Å². The smallest absolute Gasteiger partial charge is 0.164 e. The number of ketones is 1. The number of benzene rings is 2. The maximum absolute atomic E-state index is 10.0. The van der Waals surface area contributed by atoms with Gasteiger partial charge in [0.2, 0.25) is 0 Å². The summed E-state index contributed by atoms with van der Waals surface area (Å²) in [5.41, 5.74) is 4.31. The SMILES string of the molecule is CC(=O)C=C(C)O.CC1(C)c2ccc[c-]c2-c2nccc3cc4c(c1c23)OCCO4.[Ir]. The van der Waals surface area contributed by atoms with E-state index in [2.05, 4.69) is 37.0 Å². The van der Waals surface area contributed by atoms with Crippen LogP contribution in [0.3, 0.4) is 0 Å². The fourth-order valence-corrected chi connectivity index (χ4v) is 4.22. The van der Waals surface area contributed by atoms with Crippen LogP contribution in [0.2, 0.25) is 0 Å². The minimum absolute atomic E-state index is 0. The van der Waals surface area contributed by atoms with E-state index in [1.54, 1.807) is 0 Å². The number of carbonyl (C=O) groups is 1. The first kappa shape index (κ1) is 23.0. The Labute approximate surface area is 195 Å². The number of fused-ring (bicyclic) bond motifs is 4. The minimum atomic E-state index is -0.187. The van der Waals surface area contributed by atoms with Crippen LogP contribution in [0.15, 0.2) is 48.4 Å². The van der Waals surface area contributed by atoms with Gasteiger partial charge >= 0.3 is 0 Å². The Bertz CT molecular complexity index is 1180. The molecule has 2 aliphatic rings. The van der Waals surface area contributed by atoms with Gasteiger partial charge in [0, 0.05) is 32.4 Å². The van der Waals surface area contributed by atoms with Crippen LogP contribution >= 0.6 is 0 Å². The Morgan fingerprint density at radius 2 is 1.97 bits per heavy atom. The maximum atomic E-state index is 10.0. The van der Waals surface area contributed by atoms with Crippen molar-refractivity contribution in [2.75, 3.05) is 13.2 Å². The van der Waals surface area contributed by atoms with Gasteiger partial charge in [-0.25, -0.2) is 0 Å². The third-order valence-electron chi connectivity index (χ3n) is 5.36. The van der Waals surface area contributed by atoms with Crippen molar-refractivity contribution in [3.63, 3.8) is 0 Å². The fourth-order valence-electron chi connectivity index (χ4n) is 4.22. The van der Waals surface area contributed by atoms with Crippen LogP contribution in [0.1, 0.15) is 38.8 Å². The van der Waals surface area contributed by atoms with Crippen molar-refractivity contribution in [2.45, 2.75) is 33.1 Å². The molecule has 0 fully saturated rings. The van der Waals surface area contributed by atoms with Gasteiger partial charge in [0.15, 0.2) is 17.3 Å². The van der Waals surface area contributed by atoms with Gasteiger partial charge in [-0.15, -0.1) is 35.4 Å². The summed E-state index contributed by atoms with van der Waals surface area (Å²) in [7, 11) is 0. The summed E-state index contributed by atoms with van der Waals surface area (Å²) < 4.78 is 11.9. The molecule has 5 nitrogen and oxygen atoms in total. The number of ether oxygens (including phenoxy) is 2. The Balaban J connectivity index is 0.000000299. The average molecular weight is 595 g/mol. The molecule has 1 aromatic heterocycles. The van der Waals surface area contributed by atoms with Gasteiger partial charge in [-0.3, -0.25) is 4.79 Å². The van der Waals surface area contributed by atoms with Gasteiger partial charge in [0.25, 0.3) is 0 Å². The molecule has 1 radical (unpaired) electrons. The number of nitrogens with zero attached hydrogens (tertiary/aromatic N) is 1. The zero-order valence-electron chi connectivity index (χ0n) is 17.9. The fraction of sp³-hybridized carbons (Fsp3) is 0.280. The first-order valence-electron chi connectivity index (χ1n) is 9.92. The number of aliphatic hydroxyl groups excluding tert-OH is 1. The second kappa shape index (κ2) is 8.81. The first-order chi connectivity index (χ1) is 14.3. The molecule has 6 heteroatoms. The third-order valence-corrected chi connectivity index (χ3v) is 5.36. The van der Waals surface area contributed by atoms with E-state index >= 15 is 0 Å². The number of hydrogen-bond donors (Lipinski definition) is 1. The monoisotopic (exact) mass is 595 g/mol. The van der Waals surface area contributed by atoms with E-state index in [-0.39, 0.29) is 37.1 Å². The third kappa shape index (κ3) is 4.10. The molecule has 0 unspecified atom stereocenters. The molecule has 1 aliphatic carbocycles. The van der Waals surface area contributed by atoms with Crippen molar-refractivity contribution in [1.82, 2.24) is 4.98 Å². The van der Waals surface area contributed by atoms with Crippen LogP contribution in [0.25, 0.3) is 22.0 Å². The quantitative estimate of drug-likeness (QED) is 0.240. The van der Waals surface area contributed by atoms with Gasteiger partial charge in [0.1, 0.15) is 13.2 Å². The van der Waals surface area contributed by atoms with Crippen molar-refractivity contribution < 1.29 is 39.5 Å². The van der Waals surface area contributed by atoms with Crippen LogP contribution in [-0.2, 0) is 30.3 Å². The van der Waals surface area contributed by atoms with Gasteiger partial charge in [0.05, 0.1) is 5.76 Å². The number of carbonyl (C=O) groups excluding carboxylic acids is 1. The molecule has 31 heavy (non-hydrogen) atoms. The molecule has 0 saturated carbocycles. The van der Waals surface area contributed by atoms with Gasteiger partial charge in [-0.2, -0.15) is 0 Å². The van der Waals surface area contributed by atoms with Crippen molar-refractivity contribution >= 4 is 16.6 Å².